The predicted molar refractivity (Wildman–Crippen MR) is 107 cm³/mol. The van der Waals surface area contributed by atoms with Gasteiger partial charge in [-0.15, -0.1) is 11.3 Å². The van der Waals surface area contributed by atoms with Crippen molar-refractivity contribution in [2.75, 3.05) is 37.6 Å². The third kappa shape index (κ3) is 5.92. The highest BCUT2D eigenvalue weighted by Gasteiger charge is 2.19. The Bertz CT molecular complexity index is 805. The second kappa shape index (κ2) is 9.16. The van der Waals surface area contributed by atoms with E-state index in [2.05, 4.69) is 25.6 Å². The molecule has 0 atom stereocenters. The van der Waals surface area contributed by atoms with E-state index in [4.69, 9.17) is 11.6 Å². The number of thiazole rings is 1. The summed E-state index contributed by atoms with van der Waals surface area (Å²) in [6.07, 6.45) is 0.164. The maximum absolute atomic E-state index is 12.1. The number of carbonyl (C=O) groups excluding carboxylic acids is 2. The van der Waals surface area contributed by atoms with Crippen LogP contribution < -0.4 is 15.8 Å². The van der Waals surface area contributed by atoms with E-state index in [1.807, 2.05) is 36.6 Å². The Balaban J connectivity index is 1.37. The van der Waals surface area contributed by atoms with Crippen molar-refractivity contribution in [2.24, 2.45) is 0 Å². The summed E-state index contributed by atoms with van der Waals surface area (Å²) in [6.45, 7) is 5.32. The highest BCUT2D eigenvalue weighted by Crippen LogP contribution is 2.20. The van der Waals surface area contributed by atoms with E-state index < -0.39 is 0 Å². The number of piperazine rings is 1. The van der Waals surface area contributed by atoms with Crippen LogP contribution in [0, 0.1) is 6.92 Å². The lowest BCUT2D eigenvalue weighted by Gasteiger charge is -2.35. The van der Waals surface area contributed by atoms with Gasteiger partial charge in [0.2, 0.25) is 5.91 Å². The van der Waals surface area contributed by atoms with Crippen molar-refractivity contribution in [3.63, 3.8) is 0 Å². The van der Waals surface area contributed by atoms with Gasteiger partial charge in [0, 0.05) is 48.0 Å². The Labute approximate surface area is 167 Å². The van der Waals surface area contributed by atoms with Crippen molar-refractivity contribution in [1.29, 1.82) is 0 Å². The smallest absolute Gasteiger partial charge is 0.252 e. The highest BCUT2D eigenvalue weighted by molar-refractivity contribution is 7.09. The van der Waals surface area contributed by atoms with Crippen molar-refractivity contribution in [3.05, 3.63) is 45.4 Å². The third-order valence-corrected chi connectivity index (χ3v) is 5.43. The first kappa shape index (κ1) is 19.6. The fourth-order valence-electron chi connectivity index (χ4n) is 2.88. The summed E-state index contributed by atoms with van der Waals surface area (Å²) in [5, 5.41) is 3.35. The minimum Gasteiger partial charge on any atom is -0.369 e. The normalized spacial score (nSPS) is 14.8. The van der Waals surface area contributed by atoms with Crippen LogP contribution in [0.25, 0.3) is 0 Å². The van der Waals surface area contributed by atoms with Crippen LogP contribution in [0.5, 0.6) is 0 Å². The number of aryl methyl sites for hydroxylation is 1. The molecule has 2 heterocycles. The minimum atomic E-state index is -0.275. The standard InChI is InChI=1S/C18H22ClN5O2S/c1-13-12-27-18(20-13)10-16(25)21-22-17(26)11-23-5-7-24(8-6-23)15-4-2-3-14(19)9-15/h2-4,9,12H,5-8,10-11H2,1H3,(H,21,25)(H,22,26). The van der Waals surface area contributed by atoms with E-state index in [-0.39, 0.29) is 24.8 Å². The number of hydrazine groups is 1. The number of amides is 2. The number of nitrogens with zero attached hydrogens (tertiary/aromatic N) is 3. The first-order chi connectivity index (χ1) is 13.0. The van der Waals surface area contributed by atoms with Crippen molar-refractivity contribution in [2.45, 2.75) is 13.3 Å². The molecule has 7 nitrogen and oxygen atoms in total. The van der Waals surface area contributed by atoms with Crippen LogP contribution in [0.2, 0.25) is 5.02 Å². The third-order valence-electron chi connectivity index (χ3n) is 4.23. The summed E-state index contributed by atoms with van der Waals surface area (Å²) in [6, 6.07) is 7.78. The molecule has 2 N–H and O–H groups in total. The van der Waals surface area contributed by atoms with Gasteiger partial charge in [0.05, 0.1) is 13.0 Å². The Morgan fingerprint density at radius 1 is 1.19 bits per heavy atom. The van der Waals surface area contributed by atoms with Crippen molar-refractivity contribution in [3.8, 4) is 0 Å². The quantitative estimate of drug-likeness (QED) is 0.736. The van der Waals surface area contributed by atoms with Crippen molar-refractivity contribution >= 4 is 40.4 Å². The maximum Gasteiger partial charge on any atom is 0.252 e. The first-order valence-electron chi connectivity index (χ1n) is 8.71. The molecule has 1 aromatic carbocycles. The number of benzene rings is 1. The minimum absolute atomic E-state index is 0.164. The number of nitrogens with one attached hydrogen (secondary N) is 2. The van der Waals surface area contributed by atoms with Gasteiger partial charge in [0.25, 0.3) is 5.91 Å². The molecule has 0 radical (unpaired) electrons. The van der Waals surface area contributed by atoms with Gasteiger partial charge in [-0.2, -0.15) is 0 Å². The van der Waals surface area contributed by atoms with Gasteiger partial charge in [0.1, 0.15) is 5.01 Å². The second-order valence-electron chi connectivity index (χ2n) is 6.40. The SMILES string of the molecule is Cc1csc(CC(=O)NNC(=O)CN2CCN(c3cccc(Cl)c3)CC2)n1. The molecule has 1 fully saturated rings. The zero-order chi connectivity index (χ0) is 19.2. The van der Waals surface area contributed by atoms with E-state index in [9.17, 15) is 9.59 Å². The molecule has 0 aliphatic carbocycles. The zero-order valence-electron chi connectivity index (χ0n) is 15.1. The molecule has 9 heteroatoms. The Morgan fingerprint density at radius 3 is 2.59 bits per heavy atom. The van der Waals surface area contributed by atoms with Gasteiger partial charge >= 0.3 is 0 Å². The lowest BCUT2D eigenvalue weighted by molar-refractivity contribution is -0.129. The molecule has 0 unspecified atom stereocenters. The molecule has 1 saturated heterocycles. The van der Waals surface area contributed by atoms with Crippen LogP contribution in [0.3, 0.4) is 0 Å². The molecule has 2 aromatic rings. The average Bonchev–Trinajstić information content (AvgIpc) is 3.05. The van der Waals surface area contributed by atoms with Crippen LogP contribution in [-0.4, -0.2) is 54.4 Å². The van der Waals surface area contributed by atoms with Crippen molar-refractivity contribution in [1.82, 2.24) is 20.7 Å². The number of anilines is 1. The summed E-state index contributed by atoms with van der Waals surface area (Å²) < 4.78 is 0. The largest absolute Gasteiger partial charge is 0.369 e. The summed E-state index contributed by atoms with van der Waals surface area (Å²) in [5.41, 5.74) is 6.91. The van der Waals surface area contributed by atoms with Crippen LogP contribution >= 0.6 is 22.9 Å². The molecule has 1 aliphatic heterocycles. The maximum atomic E-state index is 12.1. The van der Waals surface area contributed by atoms with E-state index in [1.54, 1.807) is 0 Å². The van der Waals surface area contributed by atoms with Crippen LogP contribution in [0.1, 0.15) is 10.7 Å². The van der Waals surface area contributed by atoms with Gasteiger partial charge in [-0.25, -0.2) is 4.98 Å². The first-order valence-corrected chi connectivity index (χ1v) is 9.97. The van der Waals surface area contributed by atoms with Gasteiger partial charge in [-0.1, -0.05) is 17.7 Å². The molecule has 1 aliphatic rings. The molecule has 0 spiro atoms. The van der Waals surface area contributed by atoms with E-state index >= 15 is 0 Å². The molecule has 0 saturated carbocycles. The zero-order valence-corrected chi connectivity index (χ0v) is 16.6. The molecule has 1 aromatic heterocycles. The summed E-state index contributed by atoms with van der Waals surface area (Å²) in [4.78, 5) is 32.5. The van der Waals surface area contributed by atoms with E-state index in [0.29, 0.717) is 0 Å². The molecular weight excluding hydrogens is 386 g/mol. The molecular formula is C18H22ClN5O2S. The fraction of sp³-hybridized carbons (Fsp3) is 0.389. The van der Waals surface area contributed by atoms with Crippen molar-refractivity contribution < 1.29 is 9.59 Å². The Kier molecular flexibility index (Phi) is 6.65. The van der Waals surface area contributed by atoms with E-state index in [1.165, 1.54) is 11.3 Å². The van der Waals surface area contributed by atoms with Gasteiger partial charge < -0.3 is 4.90 Å². The topological polar surface area (TPSA) is 77.6 Å². The van der Waals surface area contributed by atoms with E-state index in [0.717, 1.165) is 47.6 Å². The van der Waals surface area contributed by atoms with Crippen LogP contribution in [0.15, 0.2) is 29.6 Å². The lowest BCUT2D eigenvalue weighted by Crippen LogP contribution is -2.52. The number of rotatable bonds is 5. The Hall–Kier alpha value is -2.16. The van der Waals surface area contributed by atoms with Gasteiger partial charge in [-0.05, 0) is 25.1 Å². The molecule has 3 rings (SSSR count). The predicted octanol–water partition coefficient (Wildman–Crippen LogP) is 1.62. The molecule has 144 valence electrons. The number of carbonyl (C=O) groups is 2. The second-order valence-corrected chi connectivity index (χ2v) is 7.78. The highest BCUT2D eigenvalue weighted by atomic mass is 35.5. The lowest BCUT2D eigenvalue weighted by atomic mass is 10.2. The number of aromatic nitrogens is 1. The number of hydrogen-bond donors (Lipinski definition) is 2. The van der Waals surface area contributed by atoms with Crippen LogP contribution in [0.4, 0.5) is 5.69 Å². The average molecular weight is 408 g/mol. The number of hydrogen-bond acceptors (Lipinski definition) is 6. The molecule has 2 amide bonds. The summed E-state index contributed by atoms with van der Waals surface area (Å²) >= 11 is 7.48. The van der Waals surface area contributed by atoms with Crippen LogP contribution in [-0.2, 0) is 16.0 Å². The van der Waals surface area contributed by atoms with Gasteiger partial charge in [0.15, 0.2) is 0 Å². The van der Waals surface area contributed by atoms with Gasteiger partial charge in [-0.3, -0.25) is 25.3 Å². The summed E-state index contributed by atoms with van der Waals surface area (Å²) in [7, 11) is 0. The fourth-order valence-corrected chi connectivity index (χ4v) is 3.84. The monoisotopic (exact) mass is 407 g/mol. The Morgan fingerprint density at radius 2 is 1.93 bits per heavy atom. The number of halogens is 1. The summed E-state index contributed by atoms with van der Waals surface area (Å²) in [5.74, 6) is -0.502. The molecule has 0 bridgehead atoms. The molecule has 27 heavy (non-hydrogen) atoms.